The van der Waals surface area contributed by atoms with E-state index in [1.165, 1.54) is 12.1 Å². The van der Waals surface area contributed by atoms with E-state index in [4.69, 9.17) is 17.3 Å². The number of benzene rings is 2. The fourth-order valence-electron chi connectivity index (χ4n) is 3.35. The molecule has 0 saturated carbocycles. The van der Waals surface area contributed by atoms with Gasteiger partial charge in [-0.15, -0.1) is 0 Å². The normalized spacial score (nSPS) is 11.9. The number of rotatable bonds is 5. The van der Waals surface area contributed by atoms with Crippen molar-refractivity contribution in [3.8, 4) is 22.4 Å². The molecule has 0 fully saturated rings. The third-order valence-electron chi connectivity index (χ3n) is 4.90. The van der Waals surface area contributed by atoms with E-state index in [9.17, 15) is 4.39 Å². The molecular weight excluding hydrogens is 413 g/mol. The maximum atomic E-state index is 13.9. The number of pyridine rings is 1. The van der Waals surface area contributed by atoms with Crippen LogP contribution in [0.4, 0.5) is 15.9 Å². The van der Waals surface area contributed by atoms with Crippen molar-refractivity contribution < 1.29 is 4.39 Å². The second-order valence-corrected chi connectivity index (χ2v) is 7.72. The molecule has 0 amide bonds. The quantitative estimate of drug-likeness (QED) is 0.400. The maximum absolute atomic E-state index is 13.9. The number of nitrogen functional groups attached to an aromatic ring is 1. The van der Waals surface area contributed by atoms with Gasteiger partial charge in [-0.05, 0) is 49.2 Å². The van der Waals surface area contributed by atoms with Crippen LogP contribution in [0.3, 0.4) is 0 Å². The Balaban J connectivity index is 1.60. The number of halogens is 2. The first-order valence-electron chi connectivity index (χ1n) is 9.77. The van der Waals surface area contributed by atoms with Crippen LogP contribution < -0.4 is 11.1 Å². The van der Waals surface area contributed by atoms with Gasteiger partial charge in [-0.25, -0.2) is 14.4 Å². The highest BCUT2D eigenvalue weighted by molar-refractivity contribution is 6.30. The van der Waals surface area contributed by atoms with Crippen molar-refractivity contribution in [1.82, 2.24) is 15.0 Å². The summed E-state index contributed by atoms with van der Waals surface area (Å²) < 4.78 is 13.9. The van der Waals surface area contributed by atoms with E-state index >= 15 is 0 Å². The Morgan fingerprint density at radius 3 is 2.58 bits per heavy atom. The number of nitrogens with one attached hydrogen (secondary N) is 1. The van der Waals surface area contributed by atoms with Gasteiger partial charge in [0.2, 0.25) is 0 Å². The van der Waals surface area contributed by atoms with Gasteiger partial charge in [-0.3, -0.25) is 4.98 Å². The lowest BCUT2D eigenvalue weighted by atomic mass is 10.0. The van der Waals surface area contributed by atoms with Crippen LogP contribution >= 0.6 is 11.6 Å². The first-order chi connectivity index (χ1) is 14.9. The fraction of sp³-hybridized carbons (Fsp3) is 0.125. The van der Waals surface area contributed by atoms with E-state index in [2.05, 4.69) is 33.3 Å². The molecule has 7 heteroatoms. The zero-order chi connectivity index (χ0) is 22.0. The minimum atomic E-state index is -0.480. The molecule has 4 rings (SSSR count). The van der Waals surface area contributed by atoms with E-state index in [0.717, 1.165) is 16.7 Å². The lowest BCUT2D eigenvalue weighted by Gasteiger charge is -2.17. The Bertz CT molecular complexity index is 1240. The molecular formula is C24H21ClFN5. The van der Waals surface area contributed by atoms with Crippen LogP contribution in [0.5, 0.6) is 0 Å². The van der Waals surface area contributed by atoms with Crippen molar-refractivity contribution >= 4 is 23.1 Å². The van der Waals surface area contributed by atoms with Gasteiger partial charge in [0, 0.05) is 35.6 Å². The van der Waals surface area contributed by atoms with Crippen LogP contribution in [-0.4, -0.2) is 15.0 Å². The molecule has 2 aromatic heterocycles. The van der Waals surface area contributed by atoms with Gasteiger partial charge in [-0.1, -0.05) is 35.9 Å². The van der Waals surface area contributed by atoms with Crippen molar-refractivity contribution in [2.75, 3.05) is 11.1 Å². The lowest BCUT2D eigenvalue weighted by Crippen LogP contribution is -2.09. The highest BCUT2D eigenvalue weighted by Crippen LogP contribution is 2.28. The Hall–Kier alpha value is -3.51. The van der Waals surface area contributed by atoms with Crippen LogP contribution in [0.2, 0.25) is 5.02 Å². The molecule has 3 N–H and O–H groups in total. The van der Waals surface area contributed by atoms with Crippen molar-refractivity contribution in [1.29, 1.82) is 0 Å². The minimum Gasteiger partial charge on any atom is -0.397 e. The van der Waals surface area contributed by atoms with Crippen LogP contribution in [0.1, 0.15) is 24.4 Å². The summed E-state index contributed by atoms with van der Waals surface area (Å²) in [6.45, 7) is 3.86. The number of hydrogen-bond donors (Lipinski definition) is 2. The molecule has 156 valence electrons. The van der Waals surface area contributed by atoms with Crippen LogP contribution in [0.15, 0.2) is 67.0 Å². The molecule has 0 saturated heterocycles. The third kappa shape index (κ3) is 4.81. The van der Waals surface area contributed by atoms with E-state index in [1.54, 1.807) is 31.5 Å². The summed E-state index contributed by atoms with van der Waals surface area (Å²) in [6, 6.07) is 16.5. The second kappa shape index (κ2) is 8.70. The summed E-state index contributed by atoms with van der Waals surface area (Å²) in [5.74, 6) is 0.759. The van der Waals surface area contributed by atoms with E-state index in [1.807, 2.05) is 24.3 Å². The predicted octanol–water partition coefficient (Wildman–Crippen LogP) is 6.06. The summed E-state index contributed by atoms with van der Waals surface area (Å²) in [5.41, 5.74) is 10.8. The zero-order valence-electron chi connectivity index (χ0n) is 17.1. The molecule has 4 aromatic rings. The lowest BCUT2D eigenvalue weighted by molar-refractivity contribution is 0.628. The fourth-order valence-corrected chi connectivity index (χ4v) is 3.47. The molecule has 0 bridgehead atoms. The van der Waals surface area contributed by atoms with Gasteiger partial charge in [0.25, 0.3) is 0 Å². The number of nitrogens with two attached hydrogens (primary N) is 1. The molecule has 0 radical (unpaired) electrons. The minimum absolute atomic E-state index is 0.0296. The van der Waals surface area contributed by atoms with Gasteiger partial charge >= 0.3 is 0 Å². The maximum Gasteiger partial charge on any atom is 0.142 e. The number of aryl methyl sites for hydroxylation is 1. The second-order valence-electron chi connectivity index (χ2n) is 7.31. The smallest absolute Gasteiger partial charge is 0.142 e. The largest absolute Gasteiger partial charge is 0.397 e. The first kappa shape index (κ1) is 20.8. The van der Waals surface area contributed by atoms with Crippen LogP contribution in [0.25, 0.3) is 22.4 Å². The van der Waals surface area contributed by atoms with E-state index in [-0.39, 0.29) is 11.1 Å². The molecule has 0 aliphatic carbocycles. The molecule has 1 unspecified atom stereocenters. The average molecular weight is 434 g/mol. The summed E-state index contributed by atoms with van der Waals surface area (Å²) in [6.07, 6.45) is 3.41. The van der Waals surface area contributed by atoms with Crippen molar-refractivity contribution in [3.05, 3.63) is 89.2 Å². The van der Waals surface area contributed by atoms with Crippen LogP contribution in [0, 0.1) is 12.7 Å². The molecule has 2 heterocycles. The summed E-state index contributed by atoms with van der Waals surface area (Å²) in [4.78, 5) is 13.1. The van der Waals surface area contributed by atoms with Gasteiger partial charge < -0.3 is 11.1 Å². The summed E-state index contributed by atoms with van der Waals surface area (Å²) in [7, 11) is 0. The first-order valence-corrected chi connectivity index (χ1v) is 10.2. The van der Waals surface area contributed by atoms with Crippen LogP contribution in [-0.2, 0) is 0 Å². The summed E-state index contributed by atoms with van der Waals surface area (Å²) >= 11 is 5.80. The van der Waals surface area contributed by atoms with E-state index < -0.39 is 5.82 Å². The Labute approximate surface area is 185 Å². The molecule has 1 atom stereocenters. The molecule has 0 aliphatic heterocycles. The van der Waals surface area contributed by atoms with Gasteiger partial charge in [-0.2, -0.15) is 0 Å². The van der Waals surface area contributed by atoms with Crippen molar-refractivity contribution in [2.45, 2.75) is 19.9 Å². The molecule has 2 aromatic carbocycles. The molecule has 0 spiro atoms. The number of nitrogens with zero attached hydrogens (tertiary/aromatic N) is 3. The predicted molar refractivity (Wildman–Crippen MR) is 123 cm³/mol. The third-order valence-corrected chi connectivity index (χ3v) is 5.20. The van der Waals surface area contributed by atoms with Crippen molar-refractivity contribution in [2.24, 2.45) is 0 Å². The Kier molecular flexibility index (Phi) is 5.82. The van der Waals surface area contributed by atoms with Crippen molar-refractivity contribution in [3.63, 3.8) is 0 Å². The van der Waals surface area contributed by atoms with Gasteiger partial charge in [0.1, 0.15) is 17.5 Å². The molecule has 0 aliphatic rings. The number of hydrogen-bond acceptors (Lipinski definition) is 5. The number of aromatic nitrogens is 3. The monoisotopic (exact) mass is 433 g/mol. The zero-order valence-corrected chi connectivity index (χ0v) is 17.9. The van der Waals surface area contributed by atoms with Gasteiger partial charge in [0.05, 0.1) is 16.4 Å². The highest BCUT2D eigenvalue weighted by Gasteiger charge is 2.12. The summed E-state index contributed by atoms with van der Waals surface area (Å²) in [5, 5.41) is 3.49. The topological polar surface area (TPSA) is 76.7 Å². The SMILES string of the molecule is Cc1nc(NC(C)c2cccc(-c3cncc(N)c3)c2)cc(-c2ccc(Cl)c(F)c2)n1. The standard InChI is InChI=1S/C24H21ClFN5/c1-14(16-4-3-5-17(8-16)19-9-20(27)13-28-12-19)29-24-11-23(30-15(2)31-24)18-6-7-21(25)22(26)10-18/h3-14H,27H2,1-2H3,(H,29,30,31). The molecule has 31 heavy (non-hydrogen) atoms. The Morgan fingerprint density at radius 1 is 0.968 bits per heavy atom. The average Bonchev–Trinajstić information content (AvgIpc) is 2.75. The molecule has 5 nitrogen and oxygen atoms in total. The number of anilines is 2. The Morgan fingerprint density at radius 2 is 1.81 bits per heavy atom. The van der Waals surface area contributed by atoms with E-state index in [0.29, 0.717) is 28.6 Å². The van der Waals surface area contributed by atoms with Gasteiger partial charge in [0.15, 0.2) is 0 Å². The highest BCUT2D eigenvalue weighted by atomic mass is 35.5.